The van der Waals surface area contributed by atoms with E-state index in [9.17, 15) is 9.36 Å². The fourth-order valence-electron chi connectivity index (χ4n) is 0.925. The van der Waals surface area contributed by atoms with Crippen LogP contribution in [0.1, 0.15) is 13.8 Å². The van der Waals surface area contributed by atoms with Crippen LogP contribution in [0, 0.1) is 0 Å². The van der Waals surface area contributed by atoms with E-state index in [4.69, 9.17) is 49.6 Å². The molecule has 6 nitrogen and oxygen atoms in total. The van der Waals surface area contributed by atoms with Gasteiger partial charge in [0.15, 0.2) is 0 Å². The summed E-state index contributed by atoms with van der Waals surface area (Å²) >= 11 is 16.2. The molecule has 0 rings (SSSR count). The summed E-state index contributed by atoms with van der Waals surface area (Å²) in [4.78, 5) is 11.5. The van der Waals surface area contributed by atoms with Crippen LogP contribution in [0.2, 0.25) is 0 Å². The van der Waals surface area contributed by atoms with Crippen molar-refractivity contribution in [3.05, 3.63) is 0 Å². The van der Waals surface area contributed by atoms with Crippen LogP contribution >= 0.6 is 42.4 Å². The van der Waals surface area contributed by atoms with Crippen LogP contribution < -0.4 is 5.73 Å². The van der Waals surface area contributed by atoms with Gasteiger partial charge < -0.3 is 19.5 Å². The molecule has 0 saturated carbocycles. The van der Waals surface area contributed by atoms with Crippen LogP contribution in [-0.4, -0.2) is 35.4 Å². The maximum Gasteiger partial charge on any atom is 0.358 e. The topological polar surface area (TPSA) is 87.9 Å². The van der Waals surface area contributed by atoms with Gasteiger partial charge in [-0.1, -0.05) is 34.8 Å². The van der Waals surface area contributed by atoms with Gasteiger partial charge >= 0.3 is 13.6 Å². The zero-order valence-electron chi connectivity index (χ0n) is 9.90. The number of esters is 1. The average molecular weight is 343 g/mol. The van der Waals surface area contributed by atoms with Gasteiger partial charge in [-0.3, -0.25) is 4.57 Å². The summed E-state index contributed by atoms with van der Waals surface area (Å²) in [6.45, 7) is 2.81. The Labute approximate surface area is 121 Å². The van der Waals surface area contributed by atoms with E-state index in [1.54, 1.807) is 13.8 Å². The van der Waals surface area contributed by atoms with Crippen molar-refractivity contribution in [3.8, 4) is 0 Å². The van der Waals surface area contributed by atoms with Crippen LogP contribution in [0.5, 0.6) is 0 Å². The highest BCUT2D eigenvalue weighted by Gasteiger charge is 2.40. The predicted molar refractivity (Wildman–Crippen MR) is 70.1 cm³/mol. The summed E-state index contributed by atoms with van der Waals surface area (Å²) in [5, 5.41) is 0. The number of carbonyl (C=O) groups is 1. The first-order valence-corrected chi connectivity index (χ1v) is 7.78. The quantitative estimate of drug-likeness (QED) is 0.434. The Bertz CT molecular complexity index is 312. The minimum Gasteiger partial charge on any atom is -0.459 e. The maximum absolute atomic E-state index is 12.1. The van der Waals surface area contributed by atoms with Crippen LogP contribution in [0.4, 0.5) is 0 Å². The fourth-order valence-corrected chi connectivity index (χ4v) is 2.54. The molecule has 1 unspecified atom stereocenters. The Hall–Kier alpha value is 0.450. The highest BCUT2D eigenvalue weighted by Crippen LogP contribution is 2.51. The lowest BCUT2D eigenvalue weighted by molar-refractivity contribution is -0.143. The molecule has 2 N–H and O–H groups in total. The molecule has 0 bridgehead atoms. The summed E-state index contributed by atoms with van der Waals surface area (Å²) in [6, 6.07) is 0. The Kier molecular flexibility index (Phi) is 8.10. The highest BCUT2D eigenvalue weighted by atomic mass is 35.6. The van der Waals surface area contributed by atoms with Crippen LogP contribution in [0.25, 0.3) is 0 Å². The van der Waals surface area contributed by atoms with Crippen molar-refractivity contribution >= 4 is 48.4 Å². The molecular weight excluding hydrogens is 327 g/mol. The molecule has 1 atom stereocenters. The monoisotopic (exact) mass is 341 g/mol. The van der Waals surface area contributed by atoms with E-state index in [-0.39, 0.29) is 13.2 Å². The van der Waals surface area contributed by atoms with Gasteiger partial charge in [0.05, 0.1) is 13.2 Å². The van der Waals surface area contributed by atoms with Gasteiger partial charge in [0, 0.05) is 0 Å². The average Bonchev–Trinajstić information content (AvgIpc) is 2.24. The zero-order chi connectivity index (χ0) is 14.4. The molecular formula is C8H15Cl3NO5P. The standard InChI is InChI=1S/C8H15Cl3NO5P/c1-3-16-18(14,17-4-2)6(12)7(13)15-5-8(9,10)11/h6H,3-5,12H2,1-2H3. The largest absolute Gasteiger partial charge is 0.459 e. The summed E-state index contributed by atoms with van der Waals surface area (Å²) < 4.78 is 24.7. The first kappa shape index (κ1) is 18.4. The fraction of sp³-hybridized carbons (Fsp3) is 0.875. The van der Waals surface area contributed by atoms with Crippen molar-refractivity contribution < 1.29 is 23.1 Å². The number of alkyl halides is 3. The van der Waals surface area contributed by atoms with E-state index in [1.807, 2.05) is 0 Å². The molecule has 0 heterocycles. The lowest BCUT2D eigenvalue weighted by atomic mass is 10.6. The molecule has 10 heteroatoms. The van der Waals surface area contributed by atoms with E-state index in [1.165, 1.54) is 0 Å². The number of carbonyl (C=O) groups excluding carboxylic acids is 1. The van der Waals surface area contributed by atoms with Crippen molar-refractivity contribution in [3.63, 3.8) is 0 Å². The van der Waals surface area contributed by atoms with Gasteiger partial charge in [0.1, 0.15) is 6.61 Å². The molecule has 18 heavy (non-hydrogen) atoms. The van der Waals surface area contributed by atoms with Crippen LogP contribution in [-0.2, 0) is 23.1 Å². The van der Waals surface area contributed by atoms with Gasteiger partial charge in [0.25, 0.3) is 0 Å². The van der Waals surface area contributed by atoms with Crippen molar-refractivity contribution in [1.82, 2.24) is 0 Å². The van der Waals surface area contributed by atoms with Gasteiger partial charge in [-0.05, 0) is 13.8 Å². The molecule has 0 aliphatic heterocycles. The number of ether oxygens (including phenoxy) is 1. The number of hydrogen-bond donors (Lipinski definition) is 1. The third-order valence-corrected chi connectivity index (χ3v) is 4.03. The zero-order valence-corrected chi connectivity index (χ0v) is 13.1. The summed E-state index contributed by atoms with van der Waals surface area (Å²) in [5.74, 6) is -2.60. The van der Waals surface area contributed by atoms with E-state index < -0.39 is 29.7 Å². The molecule has 0 radical (unpaired) electrons. The Morgan fingerprint density at radius 2 is 1.72 bits per heavy atom. The molecule has 0 aromatic carbocycles. The number of halogens is 3. The first-order chi connectivity index (χ1) is 8.16. The lowest BCUT2D eigenvalue weighted by Crippen LogP contribution is -2.35. The predicted octanol–water partition coefficient (Wildman–Crippen LogP) is 2.45. The van der Waals surface area contributed by atoms with E-state index in [2.05, 4.69) is 4.74 Å². The minimum absolute atomic E-state index is 0.0721. The second kappa shape index (κ2) is 7.90. The first-order valence-electron chi connectivity index (χ1n) is 5.04. The number of hydrogen-bond acceptors (Lipinski definition) is 6. The summed E-state index contributed by atoms with van der Waals surface area (Å²) in [5.41, 5.74) is 5.48. The number of rotatable bonds is 7. The third-order valence-electron chi connectivity index (χ3n) is 1.58. The van der Waals surface area contributed by atoms with Crippen LogP contribution in [0.15, 0.2) is 0 Å². The van der Waals surface area contributed by atoms with Crippen LogP contribution in [0.3, 0.4) is 0 Å². The molecule has 0 saturated heterocycles. The van der Waals surface area contributed by atoms with Gasteiger partial charge in [-0.2, -0.15) is 0 Å². The van der Waals surface area contributed by atoms with Crippen molar-refractivity contribution in [1.29, 1.82) is 0 Å². The van der Waals surface area contributed by atoms with Crippen molar-refractivity contribution in [2.24, 2.45) is 5.73 Å². The van der Waals surface area contributed by atoms with Gasteiger partial charge in [-0.25, -0.2) is 4.79 Å². The van der Waals surface area contributed by atoms with Gasteiger partial charge in [-0.15, -0.1) is 0 Å². The number of nitrogens with two attached hydrogens (primary N) is 1. The van der Waals surface area contributed by atoms with E-state index >= 15 is 0 Å². The van der Waals surface area contributed by atoms with Crippen molar-refractivity contribution in [2.75, 3.05) is 19.8 Å². The summed E-state index contributed by atoms with van der Waals surface area (Å²) in [7, 11) is -3.77. The van der Waals surface area contributed by atoms with Gasteiger partial charge in [0.2, 0.25) is 9.58 Å². The molecule has 0 amide bonds. The Morgan fingerprint density at radius 1 is 1.28 bits per heavy atom. The van der Waals surface area contributed by atoms with Crippen molar-refractivity contribution in [2.45, 2.75) is 23.4 Å². The SMILES string of the molecule is CCOP(=O)(OCC)C(N)C(=O)OCC(Cl)(Cl)Cl. The molecule has 0 spiro atoms. The normalized spacial score (nSPS) is 14.3. The highest BCUT2D eigenvalue weighted by molar-refractivity contribution is 7.55. The molecule has 0 aromatic heterocycles. The maximum atomic E-state index is 12.1. The smallest absolute Gasteiger partial charge is 0.358 e. The second-order valence-corrected chi connectivity index (χ2v) is 7.71. The Balaban J connectivity index is 4.62. The van der Waals surface area contributed by atoms with E-state index in [0.29, 0.717) is 0 Å². The molecule has 0 aromatic rings. The van der Waals surface area contributed by atoms with E-state index in [0.717, 1.165) is 0 Å². The molecule has 0 aliphatic carbocycles. The Morgan fingerprint density at radius 3 is 2.06 bits per heavy atom. The summed E-state index contributed by atoms with van der Waals surface area (Å²) in [6.07, 6.45) is 0. The lowest BCUT2D eigenvalue weighted by Gasteiger charge is -2.22. The molecule has 108 valence electrons. The second-order valence-electron chi connectivity index (χ2n) is 3.04. The third kappa shape index (κ3) is 6.57. The minimum atomic E-state index is -3.77. The molecule has 0 aliphatic rings. The molecule has 0 fully saturated rings.